The topological polar surface area (TPSA) is 29.5 Å². The average molecular weight is 213 g/mol. The van der Waals surface area contributed by atoms with Crippen molar-refractivity contribution < 1.29 is 9.53 Å². The normalized spacial score (nSPS) is 19.3. The molecule has 1 aliphatic rings. The minimum atomic E-state index is 0.317. The van der Waals surface area contributed by atoms with Crippen LogP contribution in [0, 0.1) is 5.92 Å². The summed E-state index contributed by atoms with van der Waals surface area (Å²) in [6.07, 6.45) is 3.15. The van der Waals surface area contributed by atoms with Crippen LogP contribution in [0.1, 0.15) is 33.1 Å². The summed E-state index contributed by atoms with van der Waals surface area (Å²) in [7, 11) is 0. The van der Waals surface area contributed by atoms with E-state index < -0.39 is 0 Å². The zero-order valence-corrected chi connectivity index (χ0v) is 10.00. The smallest absolute Gasteiger partial charge is 0.133 e. The van der Waals surface area contributed by atoms with Crippen molar-refractivity contribution in [1.82, 2.24) is 4.90 Å². The predicted octanol–water partition coefficient (Wildman–Crippen LogP) is 1.71. The van der Waals surface area contributed by atoms with E-state index in [9.17, 15) is 4.79 Å². The zero-order valence-electron chi connectivity index (χ0n) is 10.00. The number of rotatable bonds is 6. The molecule has 1 heterocycles. The van der Waals surface area contributed by atoms with Crippen LogP contribution in [0.15, 0.2) is 0 Å². The quantitative estimate of drug-likeness (QED) is 0.629. The van der Waals surface area contributed by atoms with Gasteiger partial charge in [0.05, 0.1) is 6.61 Å². The molecule has 0 aromatic heterocycles. The maximum absolute atomic E-state index is 11.2. The van der Waals surface area contributed by atoms with E-state index in [-0.39, 0.29) is 0 Å². The van der Waals surface area contributed by atoms with Gasteiger partial charge in [-0.05, 0) is 39.3 Å². The summed E-state index contributed by atoms with van der Waals surface area (Å²) in [6.45, 7) is 8.66. The van der Waals surface area contributed by atoms with E-state index in [4.69, 9.17) is 4.74 Å². The molecule has 1 fully saturated rings. The number of likely N-dealkylation sites (tertiary alicyclic amines) is 1. The standard InChI is InChI=1S/C12H23NO2/c1-3-9-15-10-8-13-6-4-12(5-7-13)11(2)14/h12H,3-10H2,1-2H3. The maximum atomic E-state index is 11.2. The van der Waals surface area contributed by atoms with Crippen LogP contribution in [0.4, 0.5) is 0 Å². The molecule has 0 aliphatic carbocycles. The average Bonchev–Trinajstić information content (AvgIpc) is 2.25. The summed E-state index contributed by atoms with van der Waals surface area (Å²) in [5.74, 6) is 0.676. The Balaban J connectivity index is 2.07. The molecule has 0 aromatic carbocycles. The fourth-order valence-corrected chi connectivity index (χ4v) is 2.00. The number of hydrogen-bond acceptors (Lipinski definition) is 3. The molecular formula is C12H23NO2. The monoisotopic (exact) mass is 213 g/mol. The molecular weight excluding hydrogens is 190 g/mol. The third-order valence-corrected chi connectivity index (χ3v) is 3.06. The van der Waals surface area contributed by atoms with Gasteiger partial charge in [0, 0.05) is 19.1 Å². The van der Waals surface area contributed by atoms with Gasteiger partial charge in [0.2, 0.25) is 0 Å². The van der Waals surface area contributed by atoms with Crippen LogP contribution >= 0.6 is 0 Å². The Bertz CT molecular complexity index is 186. The second-order valence-corrected chi connectivity index (χ2v) is 4.34. The van der Waals surface area contributed by atoms with Gasteiger partial charge in [-0.25, -0.2) is 0 Å². The highest BCUT2D eigenvalue weighted by Gasteiger charge is 2.21. The fourth-order valence-electron chi connectivity index (χ4n) is 2.00. The summed E-state index contributed by atoms with van der Waals surface area (Å²) in [4.78, 5) is 13.6. The first-order chi connectivity index (χ1) is 7.24. The third kappa shape index (κ3) is 4.76. The van der Waals surface area contributed by atoms with Gasteiger partial charge in [0.25, 0.3) is 0 Å². The van der Waals surface area contributed by atoms with Gasteiger partial charge in [0.1, 0.15) is 5.78 Å². The molecule has 0 amide bonds. The highest BCUT2D eigenvalue weighted by Crippen LogP contribution is 2.17. The van der Waals surface area contributed by atoms with Crippen LogP contribution in [-0.2, 0) is 9.53 Å². The van der Waals surface area contributed by atoms with E-state index in [1.165, 1.54) is 0 Å². The molecule has 0 N–H and O–H groups in total. The fraction of sp³-hybridized carbons (Fsp3) is 0.917. The van der Waals surface area contributed by atoms with Crippen molar-refractivity contribution in [3.05, 3.63) is 0 Å². The third-order valence-electron chi connectivity index (χ3n) is 3.06. The molecule has 3 heteroatoms. The number of piperidine rings is 1. The molecule has 0 unspecified atom stereocenters. The summed E-state index contributed by atoms with van der Waals surface area (Å²) in [5, 5.41) is 0. The highest BCUT2D eigenvalue weighted by atomic mass is 16.5. The first-order valence-electron chi connectivity index (χ1n) is 6.04. The van der Waals surface area contributed by atoms with Gasteiger partial charge < -0.3 is 9.64 Å². The van der Waals surface area contributed by atoms with Crippen LogP contribution in [0.2, 0.25) is 0 Å². The van der Waals surface area contributed by atoms with Gasteiger partial charge >= 0.3 is 0 Å². The lowest BCUT2D eigenvalue weighted by Gasteiger charge is -2.30. The van der Waals surface area contributed by atoms with Gasteiger partial charge in [-0.15, -0.1) is 0 Å². The largest absolute Gasteiger partial charge is 0.380 e. The van der Waals surface area contributed by atoms with E-state index in [2.05, 4.69) is 11.8 Å². The first kappa shape index (κ1) is 12.7. The van der Waals surface area contributed by atoms with Crippen molar-refractivity contribution in [2.75, 3.05) is 32.8 Å². The number of nitrogens with zero attached hydrogens (tertiary/aromatic N) is 1. The number of hydrogen-bond donors (Lipinski definition) is 0. The number of carbonyl (C=O) groups excluding carboxylic acids is 1. The Morgan fingerprint density at radius 1 is 1.33 bits per heavy atom. The van der Waals surface area contributed by atoms with Crippen molar-refractivity contribution >= 4 is 5.78 Å². The van der Waals surface area contributed by atoms with Gasteiger partial charge in [-0.2, -0.15) is 0 Å². The number of ketones is 1. The number of Topliss-reactive ketones (excluding diaryl/α,β-unsaturated/α-hetero) is 1. The van der Waals surface area contributed by atoms with Crippen molar-refractivity contribution in [3.63, 3.8) is 0 Å². The van der Waals surface area contributed by atoms with E-state index in [1.807, 2.05) is 0 Å². The Kier molecular flexibility index (Phi) is 5.88. The van der Waals surface area contributed by atoms with Crippen molar-refractivity contribution in [1.29, 1.82) is 0 Å². The van der Waals surface area contributed by atoms with Crippen LogP contribution in [0.3, 0.4) is 0 Å². The summed E-state index contributed by atoms with van der Waals surface area (Å²) >= 11 is 0. The first-order valence-corrected chi connectivity index (χ1v) is 6.04. The van der Waals surface area contributed by atoms with Crippen LogP contribution in [-0.4, -0.2) is 43.5 Å². The molecule has 0 bridgehead atoms. The van der Waals surface area contributed by atoms with Crippen LogP contribution in [0.5, 0.6) is 0 Å². The molecule has 1 saturated heterocycles. The molecule has 15 heavy (non-hydrogen) atoms. The SMILES string of the molecule is CCCOCCN1CCC(C(C)=O)CC1. The Labute approximate surface area is 92.8 Å². The summed E-state index contributed by atoms with van der Waals surface area (Å²) in [6, 6.07) is 0. The molecule has 0 spiro atoms. The molecule has 0 aromatic rings. The second-order valence-electron chi connectivity index (χ2n) is 4.34. The molecule has 0 saturated carbocycles. The van der Waals surface area contributed by atoms with E-state index in [0.717, 1.165) is 52.1 Å². The molecule has 1 aliphatic heterocycles. The second kappa shape index (κ2) is 6.96. The molecule has 3 nitrogen and oxygen atoms in total. The van der Waals surface area contributed by atoms with Gasteiger partial charge in [-0.1, -0.05) is 6.92 Å². The van der Waals surface area contributed by atoms with Crippen LogP contribution < -0.4 is 0 Å². The predicted molar refractivity (Wildman–Crippen MR) is 61.0 cm³/mol. The van der Waals surface area contributed by atoms with Crippen molar-refractivity contribution in [2.45, 2.75) is 33.1 Å². The Hall–Kier alpha value is -0.410. The van der Waals surface area contributed by atoms with E-state index in [0.29, 0.717) is 11.7 Å². The molecule has 0 radical (unpaired) electrons. The van der Waals surface area contributed by atoms with E-state index in [1.54, 1.807) is 6.92 Å². The maximum Gasteiger partial charge on any atom is 0.133 e. The Morgan fingerprint density at radius 3 is 2.53 bits per heavy atom. The van der Waals surface area contributed by atoms with E-state index >= 15 is 0 Å². The number of carbonyl (C=O) groups is 1. The van der Waals surface area contributed by atoms with Crippen LogP contribution in [0.25, 0.3) is 0 Å². The highest BCUT2D eigenvalue weighted by molar-refractivity contribution is 5.78. The summed E-state index contributed by atoms with van der Waals surface area (Å²) < 4.78 is 5.45. The lowest BCUT2D eigenvalue weighted by Crippen LogP contribution is -2.37. The minimum Gasteiger partial charge on any atom is -0.380 e. The zero-order chi connectivity index (χ0) is 11.1. The van der Waals surface area contributed by atoms with Gasteiger partial charge in [-0.3, -0.25) is 4.79 Å². The molecule has 1 rings (SSSR count). The van der Waals surface area contributed by atoms with Crippen molar-refractivity contribution in [3.8, 4) is 0 Å². The van der Waals surface area contributed by atoms with Gasteiger partial charge in [0.15, 0.2) is 0 Å². The minimum absolute atomic E-state index is 0.317. The molecule has 0 atom stereocenters. The number of ether oxygens (including phenoxy) is 1. The Morgan fingerprint density at radius 2 is 2.00 bits per heavy atom. The lowest BCUT2D eigenvalue weighted by molar-refractivity contribution is -0.122. The lowest BCUT2D eigenvalue weighted by atomic mass is 9.93. The summed E-state index contributed by atoms with van der Waals surface area (Å²) in [5.41, 5.74) is 0. The van der Waals surface area contributed by atoms with Crippen molar-refractivity contribution in [2.24, 2.45) is 5.92 Å². The molecule has 88 valence electrons.